The van der Waals surface area contributed by atoms with Crippen LogP contribution in [0.4, 0.5) is 23.1 Å². The second kappa shape index (κ2) is 5.69. The minimum absolute atomic E-state index is 0.175. The van der Waals surface area contributed by atoms with Crippen LogP contribution in [-0.4, -0.2) is 46.1 Å². The SMILES string of the molecule is N#Cc1ncc(N2CCN(c3cnc(N)nc3N)CC2)cn1. The van der Waals surface area contributed by atoms with Crippen molar-refractivity contribution < 1.29 is 0 Å². The first-order valence-electron chi connectivity index (χ1n) is 6.77. The third-order valence-electron chi connectivity index (χ3n) is 3.54. The van der Waals surface area contributed by atoms with Gasteiger partial charge in [-0.05, 0) is 0 Å². The minimum atomic E-state index is 0.175. The summed E-state index contributed by atoms with van der Waals surface area (Å²) in [5.41, 5.74) is 13.1. The first kappa shape index (κ1) is 13.8. The number of hydrogen-bond donors (Lipinski definition) is 2. The molecule has 2 aromatic rings. The summed E-state index contributed by atoms with van der Waals surface area (Å²) in [7, 11) is 0. The molecule has 3 heterocycles. The van der Waals surface area contributed by atoms with Crippen LogP contribution in [0.25, 0.3) is 0 Å². The van der Waals surface area contributed by atoms with Crippen LogP contribution in [0, 0.1) is 11.3 Å². The third-order valence-corrected chi connectivity index (χ3v) is 3.54. The predicted octanol–water partition coefficient (Wildman–Crippen LogP) is -0.371. The van der Waals surface area contributed by atoms with Gasteiger partial charge < -0.3 is 21.3 Å². The third kappa shape index (κ3) is 2.67. The summed E-state index contributed by atoms with van der Waals surface area (Å²) < 4.78 is 0. The van der Waals surface area contributed by atoms with Crippen molar-refractivity contribution in [2.75, 3.05) is 47.4 Å². The van der Waals surface area contributed by atoms with Gasteiger partial charge in [0.15, 0.2) is 5.82 Å². The van der Waals surface area contributed by atoms with Crippen molar-refractivity contribution in [3.8, 4) is 6.07 Å². The van der Waals surface area contributed by atoms with E-state index in [0.717, 1.165) is 37.6 Å². The molecule has 3 rings (SSSR count). The largest absolute Gasteiger partial charge is 0.382 e. The standard InChI is InChI=1S/C13H15N9/c14-5-11-17-6-9(7-18-11)21-1-3-22(4-2-21)10-8-19-13(16)20-12(10)15/h6-8H,1-4H2,(H4,15,16,19,20). The number of nitriles is 1. The Bertz CT molecular complexity index is 698. The number of nitrogens with zero attached hydrogens (tertiary/aromatic N) is 7. The molecule has 0 aliphatic carbocycles. The number of anilines is 4. The molecule has 0 radical (unpaired) electrons. The maximum Gasteiger partial charge on any atom is 0.232 e. The molecule has 0 saturated carbocycles. The number of nitrogen functional groups attached to an aromatic ring is 2. The Morgan fingerprint density at radius 2 is 1.59 bits per heavy atom. The molecule has 4 N–H and O–H groups in total. The van der Waals surface area contributed by atoms with Crippen LogP contribution >= 0.6 is 0 Å². The predicted molar refractivity (Wildman–Crippen MR) is 82.0 cm³/mol. The highest BCUT2D eigenvalue weighted by molar-refractivity contribution is 5.64. The highest BCUT2D eigenvalue weighted by Crippen LogP contribution is 2.23. The van der Waals surface area contributed by atoms with Crippen LogP contribution in [0.15, 0.2) is 18.6 Å². The molecule has 0 amide bonds. The zero-order valence-corrected chi connectivity index (χ0v) is 11.8. The lowest BCUT2D eigenvalue weighted by molar-refractivity contribution is 0.650. The highest BCUT2D eigenvalue weighted by atomic mass is 15.3. The monoisotopic (exact) mass is 297 g/mol. The fraction of sp³-hybridized carbons (Fsp3) is 0.308. The lowest BCUT2D eigenvalue weighted by Gasteiger charge is -2.37. The fourth-order valence-electron chi connectivity index (χ4n) is 2.39. The summed E-state index contributed by atoms with van der Waals surface area (Å²) in [6.45, 7) is 3.13. The van der Waals surface area contributed by atoms with E-state index in [9.17, 15) is 0 Å². The lowest BCUT2D eigenvalue weighted by Crippen LogP contribution is -2.47. The van der Waals surface area contributed by atoms with Gasteiger partial charge in [0.05, 0.1) is 30.0 Å². The van der Waals surface area contributed by atoms with Gasteiger partial charge in [0.1, 0.15) is 6.07 Å². The van der Waals surface area contributed by atoms with Crippen LogP contribution in [0.1, 0.15) is 5.82 Å². The molecular formula is C13H15N9. The summed E-state index contributed by atoms with van der Waals surface area (Å²) in [6.07, 6.45) is 4.99. The summed E-state index contributed by atoms with van der Waals surface area (Å²) in [5, 5.41) is 8.72. The van der Waals surface area contributed by atoms with E-state index in [1.165, 1.54) is 0 Å². The van der Waals surface area contributed by atoms with Crippen LogP contribution in [-0.2, 0) is 0 Å². The fourth-order valence-corrected chi connectivity index (χ4v) is 2.39. The van der Waals surface area contributed by atoms with Gasteiger partial charge >= 0.3 is 0 Å². The topological polar surface area (TPSA) is 134 Å². The summed E-state index contributed by atoms with van der Waals surface area (Å²) >= 11 is 0. The lowest BCUT2D eigenvalue weighted by atomic mass is 10.2. The van der Waals surface area contributed by atoms with Gasteiger partial charge in [-0.1, -0.05) is 0 Å². The first-order valence-corrected chi connectivity index (χ1v) is 6.77. The van der Waals surface area contributed by atoms with E-state index in [1.54, 1.807) is 18.6 Å². The van der Waals surface area contributed by atoms with Gasteiger partial charge in [0, 0.05) is 26.2 Å². The molecule has 0 bridgehead atoms. The van der Waals surface area contributed by atoms with Crippen molar-refractivity contribution >= 4 is 23.1 Å². The van der Waals surface area contributed by atoms with Gasteiger partial charge in [0.2, 0.25) is 11.8 Å². The number of nitrogens with two attached hydrogens (primary N) is 2. The van der Waals surface area contributed by atoms with Crippen molar-refractivity contribution in [3.05, 3.63) is 24.4 Å². The zero-order chi connectivity index (χ0) is 15.5. The molecule has 0 atom stereocenters. The smallest absolute Gasteiger partial charge is 0.232 e. The number of rotatable bonds is 2. The number of hydrogen-bond acceptors (Lipinski definition) is 9. The molecule has 2 aromatic heterocycles. The Balaban J connectivity index is 1.68. The van der Waals surface area contributed by atoms with Gasteiger partial charge in [-0.15, -0.1) is 0 Å². The molecule has 0 aromatic carbocycles. The van der Waals surface area contributed by atoms with E-state index in [2.05, 4.69) is 29.7 Å². The van der Waals surface area contributed by atoms with Crippen molar-refractivity contribution in [2.45, 2.75) is 0 Å². The second-order valence-corrected chi connectivity index (χ2v) is 4.85. The summed E-state index contributed by atoms with van der Waals surface area (Å²) in [5.74, 6) is 0.742. The molecule has 0 spiro atoms. The molecule has 112 valence electrons. The molecule has 1 fully saturated rings. The van der Waals surface area contributed by atoms with E-state index < -0.39 is 0 Å². The summed E-state index contributed by atoms with van der Waals surface area (Å²) in [4.78, 5) is 20.2. The molecule has 1 aliphatic rings. The molecule has 9 heteroatoms. The minimum Gasteiger partial charge on any atom is -0.382 e. The summed E-state index contributed by atoms with van der Waals surface area (Å²) in [6, 6.07) is 1.91. The van der Waals surface area contributed by atoms with Crippen molar-refractivity contribution in [2.24, 2.45) is 0 Å². The maximum atomic E-state index is 8.72. The van der Waals surface area contributed by atoms with Crippen LogP contribution < -0.4 is 21.3 Å². The Morgan fingerprint density at radius 3 is 2.18 bits per heavy atom. The molecule has 1 aliphatic heterocycles. The van der Waals surface area contributed by atoms with E-state index >= 15 is 0 Å². The first-order chi connectivity index (χ1) is 10.7. The van der Waals surface area contributed by atoms with Gasteiger partial charge in [-0.2, -0.15) is 10.2 Å². The Labute approximate surface area is 127 Å². The van der Waals surface area contributed by atoms with E-state index in [0.29, 0.717) is 5.82 Å². The number of piperazine rings is 1. The number of aromatic nitrogens is 4. The second-order valence-electron chi connectivity index (χ2n) is 4.85. The molecule has 0 unspecified atom stereocenters. The quantitative estimate of drug-likeness (QED) is 0.761. The maximum absolute atomic E-state index is 8.72. The Kier molecular flexibility index (Phi) is 3.57. The van der Waals surface area contributed by atoms with Gasteiger partial charge in [0.25, 0.3) is 0 Å². The molecule has 22 heavy (non-hydrogen) atoms. The van der Waals surface area contributed by atoms with Crippen LogP contribution in [0.3, 0.4) is 0 Å². The van der Waals surface area contributed by atoms with Crippen molar-refractivity contribution in [1.82, 2.24) is 19.9 Å². The Morgan fingerprint density at radius 1 is 0.955 bits per heavy atom. The van der Waals surface area contributed by atoms with E-state index in [4.69, 9.17) is 16.7 Å². The normalized spacial score (nSPS) is 14.7. The Hall–Kier alpha value is -3.15. The molecule has 9 nitrogen and oxygen atoms in total. The highest BCUT2D eigenvalue weighted by Gasteiger charge is 2.20. The molecular weight excluding hydrogens is 282 g/mol. The van der Waals surface area contributed by atoms with Crippen LogP contribution in [0.2, 0.25) is 0 Å². The van der Waals surface area contributed by atoms with Gasteiger partial charge in [-0.25, -0.2) is 15.0 Å². The molecule has 1 saturated heterocycles. The van der Waals surface area contributed by atoms with Crippen molar-refractivity contribution in [1.29, 1.82) is 5.26 Å². The zero-order valence-electron chi connectivity index (χ0n) is 11.8. The van der Waals surface area contributed by atoms with Gasteiger partial charge in [-0.3, -0.25) is 0 Å². The average Bonchev–Trinajstić information content (AvgIpc) is 2.55. The van der Waals surface area contributed by atoms with Crippen molar-refractivity contribution in [3.63, 3.8) is 0 Å². The average molecular weight is 297 g/mol. The van der Waals surface area contributed by atoms with E-state index in [1.807, 2.05) is 6.07 Å². The van der Waals surface area contributed by atoms with Crippen LogP contribution in [0.5, 0.6) is 0 Å². The van der Waals surface area contributed by atoms with E-state index in [-0.39, 0.29) is 11.8 Å².